The number of furan rings is 1. The first-order valence-corrected chi connectivity index (χ1v) is 8.38. The zero-order valence-corrected chi connectivity index (χ0v) is 13.9. The molecule has 2 atom stereocenters. The van der Waals surface area contributed by atoms with E-state index in [0.29, 0.717) is 23.3 Å². The topological polar surface area (TPSA) is 60.1 Å². The summed E-state index contributed by atoms with van der Waals surface area (Å²) in [6.07, 6.45) is 7.90. The Hall–Kier alpha value is -3.08. The van der Waals surface area contributed by atoms with Gasteiger partial charge in [0.2, 0.25) is 5.91 Å². The third-order valence-corrected chi connectivity index (χ3v) is 4.43. The summed E-state index contributed by atoms with van der Waals surface area (Å²) >= 11 is 0. The Labute approximate surface area is 146 Å². The fraction of sp³-hybridized carbons (Fsp3) is 0.200. The lowest BCUT2D eigenvalue weighted by atomic mass is 10.2. The molecule has 2 heterocycles. The number of nitrogens with zero attached hydrogens (tertiary/aromatic N) is 2. The predicted octanol–water partition coefficient (Wildman–Crippen LogP) is 4.24. The first-order chi connectivity index (χ1) is 12.2. The molecule has 1 aliphatic rings. The van der Waals surface area contributed by atoms with Crippen molar-refractivity contribution in [3.8, 4) is 5.69 Å². The van der Waals surface area contributed by atoms with E-state index in [2.05, 4.69) is 17.3 Å². The van der Waals surface area contributed by atoms with E-state index in [1.807, 2.05) is 48.7 Å². The molecule has 0 aliphatic heterocycles. The van der Waals surface area contributed by atoms with Crippen LogP contribution in [0.2, 0.25) is 0 Å². The first-order valence-electron chi connectivity index (χ1n) is 8.38. The van der Waals surface area contributed by atoms with Crippen LogP contribution in [0.4, 0.5) is 5.69 Å². The summed E-state index contributed by atoms with van der Waals surface area (Å²) in [7, 11) is 0. The summed E-state index contributed by atoms with van der Waals surface area (Å²) in [6.45, 7) is 2.22. The van der Waals surface area contributed by atoms with Crippen molar-refractivity contribution in [2.24, 2.45) is 5.92 Å². The van der Waals surface area contributed by atoms with E-state index in [0.717, 1.165) is 11.4 Å². The van der Waals surface area contributed by atoms with Crippen molar-refractivity contribution in [2.75, 3.05) is 5.32 Å². The van der Waals surface area contributed by atoms with Crippen molar-refractivity contribution in [3.05, 3.63) is 72.5 Å². The summed E-state index contributed by atoms with van der Waals surface area (Å²) in [5.74, 6) is 2.74. The van der Waals surface area contributed by atoms with E-state index in [4.69, 9.17) is 4.42 Å². The molecule has 126 valence electrons. The summed E-state index contributed by atoms with van der Waals surface area (Å²) in [4.78, 5) is 12.2. The second-order valence-electron chi connectivity index (χ2n) is 6.35. The average Bonchev–Trinajstić information content (AvgIpc) is 3.05. The van der Waals surface area contributed by atoms with E-state index < -0.39 is 0 Å². The van der Waals surface area contributed by atoms with Crippen molar-refractivity contribution in [2.45, 2.75) is 19.3 Å². The highest BCUT2D eigenvalue weighted by Gasteiger charge is 2.36. The minimum Gasteiger partial charge on any atom is -0.461 e. The fourth-order valence-electron chi connectivity index (χ4n) is 2.90. The predicted molar refractivity (Wildman–Crippen MR) is 96.5 cm³/mol. The summed E-state index contributed by atoms with van der Waals surface area (Å²) in [6, 6.07) is 13.3. The molecule has 0 bridgehead atoms. The molecule has 1 N–H and O–H groups in total. The Morgan fingerprint density at radius 2 is 2.12 bits per heavy atom. The lowest BCUT2D eigenvalue weighted by Gasteiger charge is -2.09. The second-order valence-corrected chi connectivity index (χ2v) is 6.35. The molecular weight excluding hydrogens is 314 g/mol. The van der Waals surface area contributed by atoms with Gasteiger partial charge in [-0.05, 0) is 48.7 Å². The molecule has 0 unspecified atom stereocenters. The molecule has 1 amide bonds. The number of anilines is 1. The molecule has 25 heavy (non-hydrogen) atoms. The van der Waals surface area contributed by atoms with Gasteiger partial charge in [-0.15, -0.1) is 0 Å². The Balaban J connectivity index is 1.45. The Morgan fingerprint density at radius 3 is 2.88 bits per heavy atom. The number of hydrogen-bond acceptors (Lipinski definition) is 3. The third kappa shape index (κ3) is 3.40. The number of aromatic nitrogens is 2. The number of hydrogen-bond donors (Lipinski definition) is 1. The molecular formula is C20H19N3O2. The van der Waals surface area contributed by atoms with Crippen LogP contribution in [0.5, 0.6) is 0 Å². The first kappa shape index (κ1) is 15.4. The number of carbonyl (C=O) groups is 1. The quantitative estimate of drug-likeness (QED) is 0.710. The maximum atomic E-state index is 12.2. The maximum Gasteiger partial charge on any atom is 0.248 e. The standard InChI is InChI=1S/C20H19N3O2/c1-14-13-16(14)19-9-7-15(25-19)8-10-20(24)22-17-5-2-3-6-18(17)23-12-4-11-21-23/h2-12,14,16H,13H2,1H3,(H,22,24)/b10-8+/t14-,16+/m1/s1. The molecule has 5 nitrogen and oxygen atoms in total. The maximum absolute atomic E-state index is 12.2. The van der Waals surface area contributed by atoms with Gasteiger partial charge in [-0.2, -0.15) is 5.10 Å². The van der Waals surface area contributed by atoms with Gasteiger partial charge < -0.3 is 9.73 Å². The average molecular weight is 333 g/mol. The Kier molecular flexibility index (Phi) is 3.98. The minimum atomic E-state index is -0.211. The second kappa shape index (κ2) is 6.43. The van der Waals surface area contributed by atoms with Crippen LogP contribution in [0.1, 0.15) is 30.8 Å². The molecule has 1 fully saturated rings. The van der Waals surface area contributed by atoms with Crippen LogP contribution >= 0.6 is 0 Å². The summed E-state index contributed by atoms with van der Waals surface area (Å²) in [5.41, 5.74) is 1.52. The normalized spacial score (nSPS) is 19.2. The molecule has 5 heteroatoms. The number of para-hydroxylation sites is 2. The molecule has 0 saturated heterocycles. The molecule has 1 aromatic carbocycles. The van der Waals surface area contributed by atoms with E-state index in [9.17, 15) is 4.79 Å². The monoisotopic (exact) mass is 333 g/mol. The molecule has 4 rings (SSSR count). The third-order valence-electron chi connectivity index (χ3n) is 4.43. The molecule has 0 spiro atoms. The van der Waals surface area contributed by atoms with Gasteiger partial charge in [0, 0.05) is 24.4 Å². The van der Waals surface area contributed by atoms with Crippen molar-refractivity contribution < 1.29 is 9.21 Å². The molecule has 3 aromatic rings. The van der Waals surface area contributed by atoms with Crippen LogP contribution in [-0.2, 0) is 4.79 Å². The lowest BCUT2D eigenvalue weighted by Crippen LogP contribution is -2.10. The van der Waals surface area contributed by atoms with Crippen molar-refractivity contribution in [1.82, 2.24) is 9.78 Å². The molecule has 0 radical (unpaired) electrons. The van der Waals surface area contributed by atoms with Gasteiger partial charge in [0.15, 0.2) is 0 Å². The zero-order chi connectivity index (χ0) is 17.2. The van der Waals surface area contributed by atoms with Crippen LogP contribution in [0, 0.1) is 5.92 Å². The summed E-state index contributed by atoms with van der Waals surface area (Å²) < 4.78 is 7.50. The number of carbonyl (C=O) groups excluding carboxylic acids is 1. The smallest absolute Gasteiger partial charge is 0.248 e. The number of rotatable bonds is 5. The van der Waals surface area contributed by atoms with Crippen LogP contribution < -0.4 is 5.32 Å². The van der Waals surface area contributed by atoms with E-state index >= 15 is 0 Å². The zero-order valence-electron chi connectivity index (χ0n) is 13.9. The van der Waals surface area contributed by atoms with Crippen LogP contribution in [0.15, 0.2) is 65.4 Å². The fourth-order valence-corrected chi connectivity index (χ4v) is 2.90. The van der Waals surface area contributed by atoms with Gasteiger partial charge in [-0.3, -0.25) is 4.79 Å². The van der Waals surface area contributed by atoms with Gasteiger partial charge in [-0.25, -0.2) is 4.68 Å². The van der Waals surface area contributed by atoms with Gasteiger partial charge >= 0.3 is 0 Å². The highest BCUT2D eigenvalue weighted by molar-refractivity contribution is 6.02. The SMILES string of the molecule is C[C@@H]1C[C@@H]1c1ccc(/C=C/C(=O)Nc2ccccc2-n2cccn2)o1. The van der Waals surface area contributed by atoms with Crippen molar-refractivity contribution >= 4 is 17.7 Å². The number of nitrogens with one attached hydrogen (secondary N) is 1. The Morgan fingerprint density at radius 1 is 1.28 bits per heavy atom. The van der Waals surface area contributed by atoms with E-state index in [-0.39, 0.29) is 5.91 Å². The van der Waals surface area contributed by atoms with Gasteiger partial charge in [0.25, 0.3) is 0 Å². The van der Waals surface area contributed by atoms with E-state index in [1.165, 1.54) is 12.5 Å². The largest absolute Gasteiger partial charge is 0.461 e. The molecule has 2 aromatic heterocycles. The molecule has 1 aliphatic carbocycles. The van der Waals surface area contributed by atoms with Gasteiger partial charge in [0.05, 0.1) is 11.4 Å². The van der Waals surface area contributed by atoms with Crippen LogP contribution in [0.3, 0.4) is 0 Å². The van der Waals surface area contributed by atoms with Crippen molar-refractivity contribution in [1.29, 1.82) is 0 Å². The highest BCUT2D eigenvalue weighted by atomic mass is 16.3. The number of benzene rings is 1. The van der Waals surface area contributed by atoms with Crippen LogP contribution in [0.25, 0.3) is 11.8 Å². The van der Waals surface area contributed by atoms with E-state index in [1.54, 1.807) is 17.0 Å². The minimum absolute atomic E-state index is 0.211. The molecule has 1 saturated carbocycles. The van der Waals surface area contributed by atoms with Gasteiger partial charge in [-0.1, -0.05) is 19.1 Å². The lowest BCUT2D eigenvalue weighted by molar-refractivity contribution is -0.111. The Bertz CT molecular complexity index is 909. The van der Waals surface area contributed by atoms with Gasteiger partial charge in [0.1, 0.15) is 11.5 Å². The van der Waals surface area contributed by atoms with Crippen molar-refractivity contribution in [3.63, 3.8) is 0 Å². The van der Waals surface area contributed by atoms with Crippen LogP contribution in [-0.4, -0.2) is 15.7 Å². The summed E-state index contributed by atoms with van der Waals surface area (Å²) in [5, 5.41) is 7.10. The number of amides is 1. The highest BCUT2D eigenvalue weighted by Crippen LogP contribution is 2.47.